The van der Waals surface area contributed by atoms with E-state index in [0.717, 1.165) is 6.07 Å². The molecule has 0 saturated carbocycles. The molecule has 0 aliphatic rings. The summed E-state index contributed by atoms with van der Waals surface area (Å²) < 4.78 is 15.1. The second kappa shape index (κ2) is 4.29. The van der Waals surface area contributed by atoms with Crippen LogP contribution < -0.4 is 0 Å². The summed E-state index contributed by atoms with van der Waals surface area (Å²) in [7, 11) is 0. The summed E-state index contributed by atoms with van der Waals surface area (Å²) in [6.45, 7) is 0. The van der Waals surface area contributed by atoms with E-state index in [0.29, 0.717) is 5.82 Å². The highest BCUT2D eigenvalue weighted by Gasteiger charge is 2.10. The second-order valence-electron chi connectivity index (χ2n) is 3.03. The van der Waals surface area contributed by atoms with E-state index >= 15 is 0 Å². The van der Waals surface area contributed by atoms with Crippen LogP contribution in [0.2, 0.25) is 0 Å². The van der Waals surface area contributed by atoms with Crippen LogP contribution in [0.4, 0.5) is 4.39 Å². The summed E-state index contributed by atoms with van der Waals surface area (Å²) >= 11 is 5.64. The van der Waals surface area contributed by atoms with Crippen molar-refractivity contribution in [3.8, 4) is 11.8 Å². The van der Waals surface area contributed by atoms with E-state index in [9.17, 15) is 4.39 Å². The quantitative estimate of drug-likeness (QED) is 0.750. The zero-order valence-electron chi connectivity index (χ0n) is 8.06. The molecule has 2 aromatic rings. The number of hydrogen-bond donors (Lipinski definition) is 0. The number of rotatable bonds is 2. The molecule has 6 heteroatoms. The van der Waals surface area contributed by atoms with Gasteiger partial charge in [0.05, 0.1) is 23.2 Å². The number of nitriles is 1. The first-order chi connectivity index (χ1) is 7.76. The molecule has 1 heterocycles. The van der Waals surface area contributed by atoms with Crippen molar-refractivity contribution in [2.24, 2.45) is 0 Å². The minimum absolute atomic E-state index is 0.138. The lowest BCUT2D eigenvalue weighted by Crippen LogP contribution is -2.01. The van der Waals surface area contributed by atoms with Crippen LogP contribution in [-0.4, -0.2) is 14.8 Å². The third-order valence-corrected chi connectivity index (χ3v) is 2.31. The Morgan fingerprint density at radius 3 is 2.94 bits per heavy atom. The molecule has 0 spiro atoms. The number of alkyl halides is 1. The molecule has 0 aliphatic carbocycles. The van der Waals surface area contributed by atoms with Gasteiger partial charge in [0.1, 0.15) is 12.1 Å². The van der Waals surface area contributed by atoms with Crippen molar-refractivity contribution < 1.29 is 4.39 Å². The lowest BCUT2D eigenvalue weighted by Gasteiger charge is -2.05. The van der Waals surface area contributed by atoms with Crippen LogP contribution >= 0.6 is 11.6 Å². The predicted molar refractivity (Wildman–Crippen MR) is 55.6 cm³/mol. The predicted octanol–water partition coefficient (Wildman–Crippen LogP) is 2.02. The molecule has 16 heavy (non-hydrogen) atoms. The molecule has 1 aromatic heterocycles. The molecule has 0 bridgehead atoms. The molecular formula is C10H6ClFN4. The van der Waals surface area contributed by atoms with Crippen LogP contribution in [0.25, 0.3) is 5.69 Å². The summed E-state index contributed by atoms with van der Waals surface area (Å²) in [6, 6.07) is 6.04. The van der Waals surface area contributed by atoms with Gasteiger partial charge < -0.3 is 0 Å². The van der Waals surface area contributed by atoms with E-state index in [1.807, 2.05) is 6.07 Å². The van der Waals surface area contributed by atoms with Gasteiger partial charge in [-0.05, 0) is 18.2 Å². The minimum atomic E-state index is -0.509. The number of halogens is 2. The Bertz CT molecular complexity index is 558. The number of hydrogen-bond acceptors (Lipinski definition) is 3. The van der Waals surface area contributed by atoms with Gasteiger partial charge in [0, 0.05) is 0 Å². The van der Waals surface area contributed by atoms with E-state index in [1.54, 1.807) is 0 Å². The summed E-state index contributed by atoms with van der Waals surface area (Å²) in [6.07, 6.45) is 1.38. The normalized spacial score (nSPS) is 10.1. The van der Waals surface area contributed by atoms with Crippen molar-refractivity contribution in [1.82, 2.24) is 14.8 Å². The van der Waals surface area contributed by atoms with Crippen molar-refractivity contribution >= 4 is 11.6 Å². The van der Waals surface area contributed by atoms with Gasteiger partial charge in [0.2, 0.25) is 0 Å². The molecule has 2 rings (SSSR count). The Kier molecular flexibility index (Phi) is 2.84. The first kappa shape index (κ1) is 10.6. The molecule has 0 unspecified atom stereocenters. The first-order valence-corrected chi connectivity index (χ1v) is 4.94. The summed E-state index contributed by atoms with van der Waals surface area (Å²) in [5, 5.41) is 16.0. The van der Waals surface area contributed by atoms with Crippen LogP contribution in [0.1, 0.15) is 11.4 Å². The van der Waals surface area contributed by atoms with Gasteiger partial charge in [0.15, 0.2) is 5.82 Å². The summed E-state index contributed by atoms with van der Waals surface area (Å²) in [5.74, 6) is 0.0786. The Morgan fingerprint density at radius 2 is 2.31 bits per heavy atom. The molecule has 80 valence electrons. The third kappa shape index (κ3) is 1.75. The van der Waals surface area contributed by atoms with E-state index in [2.05, 4.69) is 10.2 Å². The maximum Gasteiger partial charge on any atom is 0.152 e. The van der Waals surface area contributed by atoms with Gasteiger partial charge in [-0.2, -0.15) is 5.26 Å². The molecule has 0 N–H and O–H groups in total. The van der Waals surface area contributed by atoms with Crippen LogP contribution in [0.5, 0.6) is 0 Å². The zero-order valence-corrected chi connectivity index (χ0v) is 8.82. The van der Waals surface area contributed by atoms with Crippen LogP contribution in [-0.2, 0) is 5.88 Å². The second-order valence-corrected chi connectivity index (χ2v) is 3.30. The lowest BCUT2D eigenvalue weighted by atomic mass is 10.2. The van der Waals surface area contributed by atoms with Crippen LogP contribution in [0.15, 0.2) is 24.5 Å². The van der Waals surface area contributed by atoms with E-state index < -0.39 is 5.82 Å². The largest absolute Gasteiger partial charge is 0.282 e. The zero-order chi connectivity index (χ0) is 11.5. The number of nitrogens with zero attached hydrogens (tertiary/aromatic N) is 4. The summed E-state index contributed by atoms with van der Waals surface area (Å²) in [4.78, 5) is 0. The fourth-order valence-electron chi connectivity index (χ4n) is 1.32. The number of benzene rings is 1. The Hall–Kier alpha value is -1.93. The smallest absolute Gasteiger partial charge is 0.152 e. The first-order valence-electron chi connectivity index (χ1n) is 4.41. The average Bonchev–Trinajstić information content (AvgIpc) is 2.76. The highest BCUT2D eigenvalue weighted by atomic mass is 35.5. The van der Waals surface area contributed by atoms with Crippen molar-refractivity contribution in [3.05, 3.63) is 41.7 Å². The maximum atomic E-state index is 13.6. The molecule has 0 saturated heterocycles. The van der Waals surface area contributed by atoms with Crippen molar-refractivity contribution in [2.45, 2.75) is 5.88 Å². The van der Waals surface area contributed by atoms with Crippen molar-refractivity contribution in [2.75, 3.05) is 0 Å². The van der Waals surface area contributed by atoms with Crippen molar-refractivity contribution in [3.63, 3.8) is 0 Å². The standard InChI is InChI=1S/C10H6ClFN4/c11-4-10-15-14-6-16(10)9-2-1-7(5-13)3-8(9)12/h1-3,6H,4H2. The molecule has 4 nitrogen and oxygen atoms in total. The van der Waals surface area contributed by atoms with Gasteiger partial charge in [-0.3, -0.25) is 4.57 Å². The van der Waals surface area contributed by atoms with Gasteiger partial charge in [-0.15, -0.1) is 21.8 Å². The fourth-order valence-corrected chi connectivity index (χ4v) is 1.51. The molecule has 0 aliphatic heterocycles. The SMILES string of the molecule is N#Cc1ccc(-n2cnnc2CCl)c(F)c1. The van der Waals surface area contributed by atoms with E-state index in [4.69, 9.17) is 16.9 Å². The van der Waals surface area contributed by atoms with Gasteiger partial charge in [-0.1, -0.05) is 0 Å². The molecule has 0 radical (unpaired) electrons. The molecule has 0 amide bonds. The molecular weight excluding hydrogens is 231 g/mol. The maximum absolute atomic E-state index is 13.6. The fraction of sp³-hybridized carbons (Fsp3) is 0.100. The third-order valence-electron chi connectivity index (χ3n) is 2.07. The topological polar surface area (TPSA) is 54.5 Å². The minimum Gasteiger partial charge on any atom is -0.282 e. The monoisotopic (exact) mass is 236 g/mol. The van der Waals surface area contributed by atoms with E-state index in [1.165, 1.54) is 23.0 Å². The Balaban J connectivity index is 2.53. The number of aromatic nitrogens is 3. The van der Waals surface area contributed by atoms with Crippen molar-refractivity contribution in [1.29, 1.82) is 5.26 Å². The van der Waals surface area contributed by atoms with E-state index in [-0.39, 0.29) is 17.1 Å². The molecule has 0 fully saturated rings. The lowest BCUT2D eigenvalue weighted by molar-refractivity contribution is 0.615. The molecule has 1 aromatic carbocycles. The van der Waals surface area contributed by atoms with Gasteiger partial charge in [0.25, 0.3) is 0 Å². The summed E-state index contributed by atoms with van der Waals surface area (Å²) in [5.41, 5.74) is 0.543. The Morgan fingerprint density at radius 1 is 1.50 bits per heavy atom. The molecule has 0 atom stereocenters. The van der Waals surface area contributed by atoms with Crippen LogP contribution in [0, 0.1) is 17.1 Å². The highest BCUT2D eigenvalue weighted by Crippen LogP contribution is 2.16. The van der Waals surface area contributed by atoms with Gasteiger partial charge >= 0.3 is 0 Å². The average molecular weight is 237 g/mol. The highest BCUT2D eigenvalue weighted by molar-refractivity contribution is 6.16. The van der Waals surface area contributed by atoms with Crippen LogP contribution in [0.3, 0.4) is 0 Å². The van der Waals surface area contributed by atoms with Gasteiger partial charge in [-0.25, -0.2) is 4.39 Å². The Labute approximate surface area is 95.9 Å².